The number of nitrogens with one attached hydrogen (secondary N) is 1. The highest BCUT2D eigenvalue weighted by Gasteiger charge is 2.45. The maximum atomic E-state index is 13.4. The van der Waals surface area contributed by atoms with Crippen molar-refractivity contribution in [2.75, 3.05) is 11.1 Å². The first kappa shape index (κ1) is 20.1. The Bertz CT molecular complexity index is 934. The van der Waals surface area contributed by atoms with Crippen molar-refractivity contribution in [2.24, 2.45) is 24.8 Å². The standard InChI is InChI=1S/C20H24ClFN4O3/c1-26-18(23)16(19(27)24-13-2-3-15(22)14(21)8-13)17(25-26)11-4-9-6-12(20(28)29)7-10(9)5-11/h2-3,8-12,20,28-29H,4-7,23H2,1H3,(H,24,27). The number of aliphatic hydroxyl groups is 2. The number of aromatic nitrogens is 2. The van der Waals surface area contributed by atoms with Crippen LogP contribution in [0.15, 0.2) is 18.2 Å². The fraction of sp³-hybridized carbons (Fsp3) is 0.500. The van der Waals surface area contributed by atoms with Crippen LogP contribution in [0.1, 0.15) is 47.7 Å². The van der Waals surface area contributed by atoms with Gasteiger partial charge in [-0.25, -0.2) is 4.39 Å². The molecule has 1 amide bonds. The summed E-state index contributed by atoms with van der Waals surface area (Å²) in [4.78, 5) is 13.0. The zero-order valence-electron chi connectivity index (χ0n) is 16.0. The number of anilines is 2. The summed E-state index contributed by atoms with van der Waals surface area (Å²) in [7, 11) is 1.69. The van der Waals surface area contributed by atoms with E-state index in [1.807, 2.05) is 0 Å². The van der Waals surface area contributed by atoms with Crippen molar-refractivity contribution in [3.8, 4) is 0 Å². The van der Waals surface area contributed by atoms with Crippen LogP contribution in [-0.2, 0) is 7.05 Å². The van der Waals surface area contributed by atoms with Crippen LogP contribution in [0.25, 0.3) is 0 Å². The van der Waals surface area contributed by atoms with Gasteiger partial charge in [0.05, 0.1) is 10.7 Å². The minimum absolute atomic E-state index is 0.0774. The lowest BCUT2D eigenvalue weighted by atomic mass is 9.93. The number of nitrogen functional groups attached to an aromatic ring is 1. The maximum Gasteiger partial charge on any atom is 0.261 e. The van der Waals surface area contributed by atoms with Gasteiger partial charge in [0.25, 0.3) is 5.91 Å². The van der Waals surface area contributed by atoms with Gasteiger partial charge in [-0.3, -0.25) is 9.48 Å². The van der Waals surface area contributed by atoms with Crippen LogP contribution in [0.5, 0.6) is 0 Å². The molecule has 0 aliphatic heterocycles. The molecular formula is C20H24ClFN4O3. The van der Waals surface area contributed by atoms with Crippen LogP contribution in [0.3, 0.4) is 0 Å². The van der Waals surface area contributed by atoms with Gasteiger partial charge in [-0.2, -0.15) is 5.10 Å². The average molecular weight is 423 g/mol. The van der Waals surface area contributed by atoms with E-state index in [9.17, 15) is 19.4 Å². The van der Waals surface area contributed by atoms with E-state index in [2.05, 4.69) is 10.4 Å². The molecule has 2 aliphatic rings. The van der Waals surface area contributed by atoms with Crippen LogP contribution in [0.4, 0.5) is 15.9 Å². The van der Waals surface area contributed by atoms with E-state index in [1.54, 1.807) is 7.05 Å². The summed E-state index contributed by atoms with van der Waals surface area (Å²) in [6.07, 6.45) is 1.96. The predicted molar refractivity (Wildman–Crippen MR) is 107 cm³/mol. The summed E-state index contributed by atoms with van der Waals surface area (Å²) in [6, 6.07) is 3.97. The molecule has 2 atom stereocenters. The van der Waals surface area contributed by atoms with Crippen LogP contribution in [0, 0.1) is 23.6 Å². The van der Waals surface area contributed by atoms with Gasteiger partial charge in [-0.15, -0.1) is 0 Å². The number of amides is 1. The zero-order chi connectivity index (χ0) is 20.9. The molecular weight excluding hydrogens is 399 g/mol. The fourth-order valence-corrected chi connectivity index (χ4v) is 5.15. The van der Waals surface area contributed by atoms with E-state index in [1.165, 1.54) is 22.9 Å². The van der Waals surface area contributed by atoms with Crippen molar-refractivity contribution in [1.29, 1.82) is 0 Å². The number of benzene rings is 1. The Morgan fingerprint density at radius 3 is 2.55 bits per heavy atom. The fourth-order valence-electron chi connectivity index (χ4n) is 4.97. The number of hydrogen-bond donors (Lipinski definition) is 4. The Hall–Kier alpha value is -2.16. The van der Waals surface area contributed by atoms with Crippen LogP contribution < -0.4 is 11.1 Å². The highest BCUT2D eigenvalue weighted by Crippen LogP contribution is 2.53. The van der Waals surface area contributed by atoms with Gasteiger partial charge < -0.3 is 21.3 Å². The summed E-state index contributed by atoms with van der Waals surface area (Å²) >= 11 is 5.80. The Balaban J connectivity index is 1.55. The molecule has 1 aromatic carbocycles. The van der Waals surface area contributed by atoms with Gasteiger partial charge in [-0.05, 0) is 55.7 Å². The quantitative estimate of drug-likeness (QED) is 0.566. The molecule has 2 unspecified atom stereocenters. The molecule has 2 fully saturated rings. The number of halogens is 2. The molecule has 0 bridgehead atoms. The van der Waals surface area contributed by atoms with Crippen LogP contribution in [0.2, 0.25) is 5.02 Å². The third kappa shape index (κ3) is 3.72. The summed E-state index contributed by atoms with van der Waals surface area (Å²) in [5.41, 5.74) is 7.51. The van der Waals surface area contributed by atoms with Gasteiger partial charge in [0.15, 0.2) is 6.29 Å². The van der Waals surface area contributed by atoms with Gasteiger partial charge >= 0.3 is 0 Å². The Kier molecular flexibility index (Phi) is 5.27. The highest BCUT2D eigenvalue weighted by molar-refractivity contribution is 6.31. The molecule has 2 aromatic rings. The lowest BCUT2D eigenvalue weighted by molar-refractivity contribution is -0.0836. The number of carbonyl (C=O) groups is 1. The first-order valence-corrected chi connectivity index (χ1v) is 10.1. The van der Waals surface area contributed by atoms with Crippen molar-refractivity contribution in [1.82, 2.24) is 9.78 Å². The van der Waals surface area contributed by atoms with E-state index in [0.717, 1.165) is 25.7 Å². The summed E-state index contributed by atoms with van der Waals surface area (Å²) in [6.45, 7) is 0. The van der Waals surface area contributed by atoms with Gasteiger partial charge in [0.1, 0.15) is 17.2 Å². The molecule has 2 saturated carbocycles. The molecule has 2 aliphatic carbocycles. The van der Waals surface area contributed by atoms with Gasteiger partial charge in [0.2, 0.25) is 0 Å². The van der Waals surface area contributed by atoms with Crippen LogP contribution in [-0.4, -0.2) is 32.2 Å². The van der Waals surface area contributed by atoms with E-state index < -0.39 is 18.0 Å². The molecule has 7 nitrogen and oxygen atoms in total. The molecule has 0 saturated heterocycles. The van der Waals surface area contributed by atoms with Crippen molar-refractivity contribution in [2.45, 2.75) is 37.9 Å². The smallest absolute Gasteiger partial charge is 0.261 e. The molecule has 5 N–H and O–H groups in total. The van der Waals surface area contributed by atoms with Crippen molar-refractivity contribution < 1.29 is 19.4 Å². The number of rotatable bonds is 4. The van der Waals surface area contributed by atoms with E-state index >= 15 is 0 Å². The predicted octanol–water partition coefficient (Wildman–Crippen LogP) is 2.88. The highest BCUT2D eigenvalue weighted by atomic mass is 35.5. The topological polar surface area (TPSA) is 113 Å². The SMILES string of the molecule is Cn1nc(C2CC3CC(C(O)O)CC3C2)c(C(=O)Nc2ccc(F)c(Cl)c2)c1N. The molecule has 4 rings (SSSR count). The number of carbonyl (C=O) groups excluding carboxylic acids is 1. The summed E-state index contributed by atoms with van der Waals surface area (Å²) < 4.78 is 14.9. The first-order chi connectivity index (χ1) is 13.7. The monoisotopic (exact) mass is 422 g/mol. The zero-order valence-corrected chi connectivity index (χ0v) is 16.7. The van der Waals surface area contributed by atoms with Crippen molar-refractivity contribution in [3.63, 3.8) is 0 Å². The average Bonchev–Trinajstić information content (AvgIpc) is 3.30. The Morgan fingerprint density at radius 2 is 1.97 bits per heavy atom. The Morgan fingerprint density at radius 1 is 1.31 bits per heavy atom. The molecule has 156 valence electrons. The third-order valence-corrected chi connectivity index (χ3v) is 6.67. The number of fused-ring (bicyclic) bond motifs is 1. The number of aliphatic hydroxyl groups excluding tert-OH is 1. The van der Waals surface area contributed by atoms with E-state index in [0.29, 0.717) is 28.8 Å². The molecule has 0 radical (unpaired) electrons. The maximum absolute atomic E-state index is 13.4. The third-order valence-electron chi connectivity index (χ3n) is 6.38. The molecule has 0 spiro atoms. The molecule has 1 aromatic heterocycles. The molecule has 1 heterocycles. The van der Waals surface area contributed by atoms with E-state index in [-0.39, 0.29) is 22.7 Å². The molecule has 9 heteroatoms. The van der Waals surface area contributed by atoms with Gasteiger partial charge in [0, 0.05) is 24.6 Å². The minimum atomic E-state index is -1.27. The van der Waals surface area contributed by atoms with Crippen LogP contribution >= 0.6 is 11.6 Å². The van der Waals surface area contributed by atoms with E-state index in [4.69, 9.17) is 17.3 Å². The lowest BCUT2D eigenvalue weighted by Gasteiger charge is -2.16. The normalized spacial score (nSPS) is 26.1. The van der Waals surface area contributed by atoms with Crippen molar-refractivity contribution >= 4 is 29.0 Å². The largest absolute Gasteiger partial charge is 0.383 e. The summed E-state index contributed by atoms with van der Waals surface area (Å²) in [5.74, 6) is 0.0905. The molecule has 29 heavy (non-hydrogen) atoms. The number of nitrogens with zero attached hydrogens (tertiary/aromatic N) is 2. The second-order valence-electron chi connectivity index (χ2n) is 8.19. The van der Waals surface area contributed by atoms with Crippen molar-refractivity contribution in [3.05, 3.63) is 40.3 Å². The first-order valence-electron chi connectivity index (χ1n) is 9.69. The second kappa shape index (κ2) is 7.59. The minimum Gasteiger partial charge on any atom is -0.383 e. The Labute approximate surface area is 172 Å². The summed E-state index contributed by atoms with van der Waals surface area (Å²) in [5, 5.41) is 26.1. The number of nitrogens with two attached hydrogens (primary N) is 1. The lowest BCUT2D eigenvalue weighted by Crippen LogP contribution is -2.18. The number of hydrogen-bond acceptors (Lipinski definition) is 5. The second-order valence-corrected chi connectivity index (χ2v) is 8.59. The number of aryl methyl sites for hydroxylation is 1. The van der Waals surface area contributed by atoms with Gasteiger partial charge in [-0.1, -0.05) is 11.6 Å².